The van der Waals surface area contributed by atoms with Crippen molar-refractivity contribution in [1.29, 1.82) is 0 Å². The fourth-order valence-electron chi connectivity index (χ4n) is 3.36. The second-order valence-corrected chi connectivity index (χ2v) is 9.34. The second-order valence-electron chi connectivity index (χ2n) is 7.59. The van der Waals surface area contributed by atoms with E-state index in [1.165, 1.54) is 0 Å². The van der Waals surface area contributed by atoms with E-state index in [-0.39, 0.29) is 0 Å². The number of aromatic amines is 1. The number of nitrogens with zero attached hydrogens (tertiary/aromatic N) is 2. The zero-order chi connectivity index (χ0) is 22.0. The van der Waals surface area contributed by atoms with Crippen molar-refractivity contribution in [3.8, 4) is 11.1 Å². The molecule has 0 spiro atoms. The predicted octanol–water partition coefficient (Wildman–Crippen LogP) is 4.84. The molecule has 3 aromatic carbocycles. The smallest absolute Gasteiger partial charge is 0.229 e. The normalized spacial score (nSPS) is 11.8. The van der Waals surface area contributed by atoms with Gasteiger partial charge in [-0.25, -0.2) is 13.4 Å². The van der Waals surface area contributed by atoms with Crippen molar-refractivity contribution in [3.63, 3.8) is 0 Å². The van der Waals surface area contributed by atoms with Crippen LogP contribution in [0.5, 0.6) is 0 Å². The summed E-state index contributed by atoms with van der Waals surface area (Å²) < 4.78 is 26.0. The van der Waals surface area contributed by atoms with Gasteiger partial charge in [0.15, 0.2) is 0 Å². The van der Waals surface area contributed by atoms with Crippen LogP contribution in [-0.4, -0.2) is 38.7 Å². The highest BCUT2D eigenvalue weighted by molar-refractivity contribution is 7.92. The van der Waals surface area contributed by atoms with Gasteiger partial charge >= 0.3 is 0 Å². The Morgan fingerprint density at radius 2 is 1.71 bits per heavy atom. The summed E-state index contributed by atoms with van der Waals surface area (Å²) >= 11 is 0. The number of fused-ring (bicyclic) bond motifs is 1. The summed E-state index contributed by atoms with van der Waals surface area (Å²) in [4.78, 5) is 10.0. The fraction of sp³-hybridized carbons (Fsp3) is 0.125. The van der Waals surface area contributed by atoms with Crippen LogP contribution in [-0.2, 0) is 10.0 Å². The summed E-state index contributed by atoms with van der Waals surface area (Å²) in [5.41, 5.74) is 6.23. The first-order valence-electron chi connectivity index (χ1n) is 9.81. The number of anilines is 2. The summed E-state index contributed by atoms with van der Waals surface area (Å²) in [6.45, 7) is 0. The van der Waals surface area contributed by atoms with Gasteiger partial charge in [0.25, 0.3) is 0 Å². The molecule has 0 radical (unpaired) electrons. The van der Waals surface area contributed by atoms with Crippen molar-refractivity contribution in [2.24, 2.45) is 0 Å². The highest BCUT2D eigenvalue weighted by atomic mass is 32.2. The van der Waals surface area contributed by atoms with Crippen LogP contribution in [0, 0.1) is 0 Å². The van der Waals surface area contributed by atoms with Crippen molar-refractivity contribution < 1.29 is 8.42 Å². The van der Waals surface area contributed by atoms with E-state index in [0.29, 0.717) is 5.69 Å². The van der Waals surface area contributed by atoms with Crippen molar-refractivity contribution in [2.45, 2.75) is 0 Å². The van der Waals surface area contributed by atoms with Gasteiger partial charge in [0, 0.05) is 25.3 Å². The summed E-state index contributed by atoms with van der Waals surface area (Å²) in [5.74, 6) is 0.756. The van der Waals surface area contributed by atoms with Crippen LogP contribution in [0.1, 0.15) is 11.4 Å². The Morgan fingerprint density at radius 3 is 2.42 bits per heavy atom. The molecule has 0 aliphatic heterocycles. The molecule has 0 bridgehead atoms. The van der Waals surface area contributed by atoms with Gasteiger partial charge in [0.1, 0.15) is 5.82 Å². The quantitative estimate of drug-likeness (QED) is 0.457. The topological polar surface area (TPSA) is 78.1 Å². The standard InChI is InChI=1S/C24H24N4O2S/c1-28(2)19-12-8-17(9-13-19)10-15-24-25-22-14-11-18(16-23(22)26-24)20-6-4-5-7-21(20)27-31(3,29)30/h4-16,27H,1-3H3,(H,25,26)/b15-10+. The number of H-pyrrole nitrogens is 1. The molecule has 0 atom stereocenters. The maximum Gasteiger partial charge on any atom is 0.229 e. The number of benzene rings is 3. The molecule has 4 rings (SSSR count). The first-order chi connectivity index (χ1) is 14.8. The van der Waals surface area contributed by atoms with E-state index in [1.54, 1.807) is 12.1 Å². The molecule has 1 aromatic heterocycles. The largest absolute Gasteiger partial charge is 0.378 e. The average Bonchev–Trinajstić information content (AvgIpc) is 3.14. The Bertz CT molecular complexity index is 1350. The summed E-state index contributed by atoms with van der Waals surface area (Å²) in [5, 5.41) is 0. The molecule has 0 saturated heterocycles. The maximum atomic E-state index is 11.7. The molecule has 6 nitrogen and oxygen atoms in total. The number of hydrogen-bond acceptors (Lipinski definition) is 4. The van der Waals surface area contributed by atoms with Gasteiger partial charge in [-0.1, -0.05) is 42.5 Å². The van der Waals surface area contributed by atoms with Crippen LogP contribution in [0.4, 0.5) is 11.4 Å². The monoisotopic (exact) mass is 432 g/mol. The highest BCUT2D eigenvalue weighted by Gasteiger charge is 2.10. The molecule has 0 aliphatic carbocycles. The molecule has 0 amide bonds. The molecule has 0 unspecified atom stereocenters. The molecule has 7 heteroatoms. The molecule has 4 aromatic rings. The molecule has 2 N–H and O–H groups in total. The second kappa shape index (κ2) is 8.28. The zero-order valence-corrected chi connectivity index (χ0v) is 18.4. The van der Waals surface area contributed by atoms with Gasteiger partial charge in [-0.2, -0.15) is 0 Å². The van der Waals surface area contributed by atoms with Gasteiger partial charge in [0.2, 0.25) is 10.0 Å². The molecule has 0 aliphatic rings. The molecule has 158 valence electrons. The minimum atomic E-state index is -3.37. The Kier molecular flexibility index (Phi) is 5.52. The average molecular weight is 433 g/mol. The molecule has 0 fully saturated rings. The van der Waals surface area contributed by atoms with Crippen LogP contribution >= 0.6 is 0 Å². The third kappa shape index (κ3) is 4.95. The van der Waals surface area contributed by atoms with Crippen LogP contribution in [0.25, 0.3) is 34.3 Å². The van der Waals surface area contributed by atoms with Crippen molar-refractivity contribution >= 4 is 44.6 Å². The van der Waals surface area contributed by atoms with Crippen LogP contribution < -0.4 is 9.62 Å². The number of hydrogen-bond donors (Lipinski definition) is 2. The third-order valence-corrected chi connectivity index (χ3v) is 5.47. The zero-order valence-electron chi connectivity index (χ0n) is 17.6. The number of para-hydroxylation sites is 1. The first-order valence-corrected chi connectivity index (χ1v) is 11.7. The van der Waals surface area contributed by atoms with Gasteiger partial charge in [-0.05, 0) is 47.5 Å². The fourth-order valence-corrected chi connectivity index (χ4v) is 3.94. The number of nitrogens with one attached hydrogen (secondary N) is 2. The third-order valence-electron chi connectivity index (χ3n) is 4.88. The van der Waals surface area contributed by atoms with Gasteiger partial charge in [-0.3, -0.25) is 4.72 Å². The van der Waals surface area contributed by atoms with E-state index in [0.717, 1.165) is 45.5 Å². The number of sulfonamides is 1. The lowest BCUT2D eigenvalue weighted by Gasteiger charge is -2.11. The van der Waals surface area contributed by atoms with Crippen LogP contribution in [0.2, 0.25) is 0 Å². The predicted molar refractivity (Wildman–Crippen MR) is 130 cm³/mol. The Balaban J connectivity index is 1.62. The highest BCUT2D eigenvalue weighted by Crippen LogP contribution is 2.30. The van der Waals surface area contributed by atoms with Crippen molar-refractivity contribution in [1.82, 2.24) is 9.97 Å². The Hall–Kier alpha value is -3.58. The summed E-state index contributed by atoms with van der Waals surface area (Å²) in [6.07, 6.45) is 5.11. The Labute approximate surface area is 182 Å². The van der Waals surface area contributed by atoms with Gasteiger partial charge < -0.3 is 9.88 Å². The maximum absolute atomic E-state index is 11.7. The molecular weight excluding hydrogens is 408 g/mol. The van der Waals surface area contributed by atoms with E-state index in [9.17, 15) is 8.42 Å². The molecular formula is C24H24N4O2S. The van der Waals surface area contributed by atoms with E-state index in [4.69, 9.17) is 0 Å². The van der Waals surface area contributed by atoms with E-state index in [1.807, 2.05) is 56.6 Å². The summed E-state index contributed by atoms with van der Waals surface area (Å²) in [7, 11) is 0.665. The lowest BCUT2D eigenvalue weighted by atomic mass is 10.0. The molecule has 31 heavy (non-hydrogen) atoms. The minimum absolute atomic E-state index is 0.546. The lowest BCUT2D eigenvalue weighted by molar-refractivity contribution is 0.607. The van der Waals surface area contributed by atoms with E-state index >= 15 is 0 Å². The lowest BCUT2D eigenvalue weighted by Crippen LogP contribution is -2.10. The van der Waals surface area contributed by atoms with Gasteiger partial charge in [0.05, 0.1) is 23.0 Å². The van der Waals surface area contributed by atoms with E-state index < -0.39 is 10.0 Å². The van der Waals surface area contributed by atoms with Crippen molar-refractivity contribution in [3.05, 3.63) is 78.1 Å². The Morgan fingerprint density at radius 1 is 0.968 bits per heavy atom. The van der Waals surface area contributed by atoms with Crippen molar-refractivity contribution in [2.75, 3.05) is 30.0 Å². The van der Waals surface area contributed by atoms with Crippen LogP contribution in [0.15, 0.2) is 66.7 Å². The molecule has 0 saturated carbocycles. The summed E-state index contributed by atoms with van der Waals surface area (Å²) in [6, 6.07) is 21.5. The number of rotatable bonds is 6. The van der Waals surface area contributed by atoms with Crippen LogP contribution in [0.3, 0.4) is 0 Å². The SMILES string of the molecule is CN(C)c1ccc(/C=C/c2nc3ccc(-c4ccccc4NS(C)(=O)=O)cc3[nH]2)cc1. The first kappa shape index (κ1) is 20.7. The minimum Gasteiger partial charge on any atom is -0.378 e. The number of aromatic nitrogens is 2. The molecule has 1 heterocycles. The van der Waals surface area contributed by atoms with Gasteiger partial charge in [-0.15, -0.1) is 0 Å². The van der Waals surface area contributed by atoms with E-state index in [2.05, 4.69) is 43.9 Å². The number of imidazole rings is 1.